The summed E-state index contributed by atoms with van der Waals surface area (Å²) in [5.74, 6) is 1.27. The van der Waals surface area contributed by atoms with Crippen LogP contribution in [0.4, 0.5) is 0 Å². The van der Waals surface area contributed by atoms with Crippen LogP contribution in [-0.2, 0) is 13.6 Å². The zero-order chi connectivity index (χ0) is 26.3. The number of aliphatic hydroxyl groups is 1. The number of aromatic amines is 1. The fourth-order valence-electron chi connectivity index (χ4n) is 4.89. The first-order chi connectivity index (χ1) is 17.8. The number of fused-ring (bicyclic) bond motifs is 4. The smallest absolute Gasteiger partial charge is 0.240 e. The Bertz CT molecular complexity index is 1430. The lowest BCUT2D eigenvalue weighted by Gasteiger charge is -2.29. The van der Waals surface area contributed by atoms with Gasteiger partial charge in [-0.1, -0.05) is 6.07 Å². The molecule has 4 aromatic rings. The first-order valence-corrected chi connectivity index (χ1v) is 12.7. The van der Waals surface area contributed by atoms with Crippen molar-refractivity contribution >= 4 is 23.1 Å². The van der Waals surface area contributed by atoms with Gasteiger partial charge in [-0.15, -0.1) is 5.10 Å². The van der Waals surface area contributed by atoms with Crippen LogP contribution in [-0.4, -0.2) is 72.2 Å². The number of nitrogens with one attached hydrogen (secondary N) is 1. The number of ether oxygens (including phenoxy) is 2. The second kappa shape index (κ2) is 10.0. The molecule has 37 heavy (non-hydrogen) atoms. The minimum Gasteiger partial charge on any atom is -0.473 e. The third-order valence-electron chi connectivity index (χ3n) is 6.77. The summed E-state index contributed by atoms with van der Waals surface area (Å²) in [6.45, 7) is 9.19. The molecule has 0 saturated heterocycles. The Labute approximate surface area is 216 Å². The Balaban J connectivity index is 1.72. The van der Waals surface area contributed by atoms with E-state index in [0.717, 1.165) is 44.9 Å². The molecule has 4 heterocycles. The van der Waals surface area contributed by atoms with E-state index >= 15 is 0 Å². The highest BCUT2D eigenvalue weighted by molar-refractivity contribution is 5.93. The fraction of sp³-hybridized carbons (Fsp3) is 0.444. The van der Waals surface area contributed by atoms with Crippen LogP contribution >= 0.6 is 0 Å². The van der Waals surface area contributed by atoms with Crippen LogP contribution in [0.1, 0.15) is 50.7 Å². The van der Waals surface area contributed by atoms with Gasteiger partial charge >= 0.3 is 0 Å². The Hall–Kier alpha value is -3.63. The van der Waals surface area contributed by atoms with Gasteiger partial charge in [-0.25, -0.2) is 4.68 Å². The molecule has 5 rings (SSSR count). The number of aromatic nitrogens is 6. The van der Waals surface area contributed by atoms with Gasteiger partial charge in [0.1, 0.15) is 6.10 Å². The Kier molecular flexibility index (Phi) is 6.78. The standard InChI is InChI=1S/C27H35N7O3/c1-16(2)36-26-20-8-10-24-21-13-19(7-9-23(21)29-30-24)22-14-28-33(6)27(22)37-17(3)15-32(5)18(4)25(20)34(31-26)11-12-35/h7-10,13-14,16-18,35H,11-12,15H2,1-6H3,(H,29,30)/b10-8+/t17-,18-/m0/s1. The van der Waals surface area contributed by atoms with Gasteiger partial charge in [-0.05, 0) is 64.6 Å². The average molecular weight is 506 g/mol. The van der Waals surface area contributed by atoms with Crippen LogP contribution in [0.5, 0.6) is 11.8 Å². The van der Waals surface area contributed by atoms with Gasteiger partial charge in [0.05, 0.1) is 53.5 Å². The van der Waals surface area contributed by atoms with Gasteiger partial charge in [-0.3, -0.25) is 14.7 Å². The summed E-state index contributed by atoms with van der Waals surface area (Å²) in [6, 6.07) is 6.13. The van der Waals surface area contributed by atoms with E-state index in [1.165, 1.54) is 0 Å². The lowest BCUT2D eigenvalue weighted by molar-refractivity contribution is 0.128. The van der Waals surface area contributed by atoms with E-state index in [1.807, 2.05) is 56.1 Å². The highest BCUT2D eigenvalue weighted by atomic mass is 16.5. The van der Waals surface area contributed by atoms with Crippen molar-refractivity contribution in [1.29, 1.82) is 0 Å². The molecule has 1 aliphatic heterocycles. The van der Waals surface area contributed by atoms with Crippen LogP contribution in [0.3, 0.4) is 0 Å². The number of hydrogen-bond acceptors (Lipinski definition) is 7. The summed E-state index contributed by atoms with van der Waals surface area (Å²) in [7, 11) is 3.97. The molecule has 10 nitrogen and oxygen atoms in total. The third kappa shape index (κ3) is 4.74. The normalized spacial score (nSPS) is 19.4. The molecule has 196 valence electrons. The largest absolute Gasteiger partial charge is 0.473 e. The van der Waals surface area contributed by atoms with Crippen molar-refractivity contribution in [3.05, 3.63) is 41.3 Å². The van der Waals surface area contributed by atoms with Crippen molar-refractivity contribution in [1.82, 2.24) is 34.7 Å². The molecule has 0 fully saturated rings. The maximum Gasteiger partial charge on any atom is 0.240 e. The van der Waals surface area contributed by atoms with Crippen molar-refractivity contribution in [3.8, 4) is 22.9 Å². The van der Waals surface area contributed by atoms with Gasteiger partial charge in [0.25, 0.3) is 0 Å². The number of hydrogen-bond donors (Lipinski definition) is 2. The number of H-pyrrole nitrogens is 1. The molecule has 0 aliphatic carbocycles. The quantitative estimate of drug-likeness (QED) is 0.433. The monoisotopic (exact) mass is 505 g/mol. The summed E-state index contributed by atoms with van der Waals surface area (Å²) in [5.41, 5.74) is 5.55. The van der Waals surface area contributed by atoms with E-state index in [4.69, 9.17) is 14.6 Å². The molecular weight excluding hydrogens is 470 g/mol. The number of benzene rings is 1. The van der Waals surface area contributed by atoms with Crippen LogP contribution in [0.15, 0.2) is 24.4 Å². The van der Waals surface area contributed by atoms with Gasteiger partial charge in [0.2, 0.25) is 11.8 Å². The number of aryl methyl sites for hydroxylation is 1. The predicted octanol–water partition coefficient (Wildman–Crippen LogP) is 3.88. The van der Waals surface area contributed by atoms with Crippen LogP contribution in [0.25, 0.3) is 34.2 Å². The molecule has 2 atom stereocenters. The highest BCUT2D eigenvalue weighted by Gasteiger charge is 2.27. The lowest BCUT2D eigenvalue weighted by atomic mass is 10.0. The van der Waals surface area contributed by atoms with E-state index in [-0.39, 0.29) is 24.9 Å². The maximum atomic E-state index is 9.79. The Morgan fingerprint density at radius 3 is 2.78 bits per heavy atom. The van der Waals surface area contributed by atoms with E-state index in [2.05, 4.69) is 47.2 Å². The van der Waals surface area contributed by atoms with Crippen LogP contribution in [0.2, 0.25) is 0 Å². The van der Waals surface area contributed by atoms with Gasteiger partial charge in [-0.2, -0.15) is 10.2 Å². The molecule has 0 radical (unpaired) electrons. The topological polar surface area (TPSA) is 106 Å². The summed E-state index contributed by atoms with van der Waals surface area (Å²) in [6.07, 6.45) is 5.74. The molecule has 0 saturated carbocycles. The van der Waals surface area contributed by atoms with Gasteiger partial charge in [0, 0.05) is 25.0 Å². The number of likely N-dealkylation sites (N-methyl/N-ethyl adjacent to an activating group) is 1. The zero-order valence-electron chi connectivity index (χ0n) is 22.3. The molecule has 0 unspecified atom stereocenters. The molecule has 10 heteroatoms. The van der Waals surface area contributed by atoms with Crippen molar-refractivity contribution in [2.75, 3.05) is 20.2 Å². The predicted molar refractivity (Wildman–Crippen MR) is 143 cm³/mol. The summed E-state index contributed by atoms with van der Waals surface area (Å²) >= 11 is 0. The fourth-order valence-corrected chi connectivity index (χ4v) is 4.89. The van der Waals surface area contributed by atoms with E-state index in [1.54, 1.807) is 4.68 Å². The highest BCUT2D eigenvalue weighted by Crippen LogP contribution is 2.36. The second-order valence-electron chi connectivity index (χ2n) is 9.95. The molecule has 1 aromatic carbocycles. The van der Waals surface area contributed by atoms with E-state index in [0.29, 0.717) is 19.0 Å². The van der Waals surface area contributed by atoms with Crippen molar-refractivity contribution in [2.24, 2.45) is 7.05 Å². The Morgan fingerprint density at radius 2 is 2.03 bits per heavy atom. The zero-order valence-corrected chi connectivity index (χ0v) is 22.3. The molecule has 1 aliphatic rings. The Morgan fingerprint density at radius 1 is 1.22 bits per heavy atom. The van der Waals surface area contributed by atoms with E-state index in [9.17, 15) is 5.11 Å². The van der Waals surface area contributed by atoms with Crippen LogP contribution in [0, 0.1) is 0 Å². The van der Waals surface area contributed by atoms with E-state index < -0.39 is 0 Å². The molecule has 3 aromatic heterocycles. The van der Waals surface area contributed by atoms with Crippen molar-refractivity contribution < 1.29 is 14.6 Å². The lowest BCUT2D eigenvalue weighted by Crippen LogP contribution is -2.34. The summed E-state index contributed by atoms with van der Waals surface area (Å²) in [5, 5.41) is 27.7. The minimum absolute atomic E-state index is 0.0217. The molecular formula is C27H35N7O3. The van der Waals surface area contributed by atoms with Gasteiger partial charge < -0.3 is 14.6 Å². The maximum absolute atomic E-state index is 9.79. The van der Waals surface area contributed by atoms with Crippen molar-refractivity contribution in [2.45, 2.75) is 52.5 Å². The average Bonchev–Trinajstić information content (AvgIpc) is 3.52. The van der Waals surface area contributed by atoms with Crippen LogP contribution < -0.4 is 9.47 Å². The van der Waals surface area contributed by atoms with Crippen molar-refractivity contribution in [3.63, 3.8) is 0 Å². The number of rotatable bonds is 4. The first-order valence-electron chi connectivity index (χ1n) is 12.7. The summed E-state index contributed by atoms with van der Waals surface area (Å²) < 4.78 is 16.2. The third-order valence-corrected chi connectivity index (χ3v) is 6.77. The molecule has 2 bridgehead atoms. The minimum atomic E-state index is -0.112. The summed E-state index contributed by atoms with van der Waals surface area (Å²) in [4.78, 5) is 2.23. The number of aliphatic hydroxyl groups excluding tert-OH is 1. The molecule has 0 amide bonds. The first kappa shape index (κ1) is 25.0. The molecule has 2 N–H and O–H groups in total. The number of nitrogens with zero attached hydrogens (tertiary/aromatic N) is 6. The molecule has 0 spiro atoms. The van der Waals surface area contributed by atoms with Gasteiger partial charge in [0.15, 0.2) is 0 Å². The SMILES string of the molecule is CC(C)Oc1nn(CCO)c2c1/C=C/c1[nH]nc3ccc(cc13)-c1cnn(C)c1O[C@@H](C)CN(C)[C@H]2C. The second-order valence-corrected chi connectivity index (χ2v) is 9.95.